The lowest BCUT2D eigenvalue weighted by atomic mass is 10.1. The molecule has 1 fully saturated rings. The number of carbonyl (C=O) groups excluding carboxylic acids is 1. The standard InChI is InChI=1S/C15H17FN2O3/c1-3-20-15(19)13-9(2)21-14-12(13)6-11(7-17-14)18-5-4-10(16)8-18/h6-7,10H,3-5,8H2,1-2H3/t10-/m1/s1. The number of furan rings is 1. The molecule has 2 aromatic heterocycles. The van der Waals surface area contributed by atoms with Gasteiger partial charge in [-0.05, 0) is 26.3 Å². The van der Waals surface area contributed by atoms with E-state index >= 15 is 0 Å². The fourth-order valence-electron chi connectivity index (χ4n) is 2.67. The molecule has 0 aromatic carbocycles. The number of hydrogen-bond donors (Lipinski definition) is 0. The summed E-state index contributed by atoms with van der Waals surface area (Å²) in [6.07, 6.45) is 1.36. The monoisotopic (exact) mass is 292 g/mol. The van der Waals surface area contributed by atoms with Gasteiger partial charge in [-0.25, -0.2) is 14.2 Å². The summed E-state index contributed by atoms with van der Waals surface area (Å²) >= 11 is 0. The molecule has 1 atom stereocenters. The molecule has 5 nitrogen and oxygen atoms in total. The molecule has 0 spiro atoms. The Bertz CT molecular complexity index is 683. The number of nitrogens with zero attached hydrogens (tertiary/aromatic N) is 2. The molecule has 0 N–H and O–H groups in total. The molecule has 1 saturated heterocycles. The molecule has 0 radical (unpaired) electrons. The summed E-state index contributed by atoms with van der Waals surface area (Å²) in [6, 6.07) is 1.82. The third kappa shape index (κ3) is 2.46. The number of alkyl halides is 1. The number of rotatable bonds is 3. The van der Waals surface area contributed by atoms with Crippen LogP contribution in [0.4, 0.5) is 10.1 Å². The van der Waals surface area contributed by atoms with E-state index in [1.54, 1.807) is 20.0 Å². The van der Waals surface area contributed by atoms with Crippen molar-refractivity contribution in [2.24, 2.45) is 0 Å². The van der Waals surface area contributed by atoms with E-state index in [1.807, 2.05) is 11.0 Å². The van der Waals surface area contributed by atoms with Crippen molar-refractivity contribution in [1.82, 2.24) is 4.98 Å². The first-order valence-corrected chi connectivity index (χ1v) is 7.05. The van der Waals surface area contributed by atoms with Crippen LogP contribution >= 0.6 is 0 Å². The second kappa shape index (κ2) is 5.35. The molecule has 3 rings (SSSR count). The second-order valence-corrected chi connectivity index (χ2v) is 5.13. The van der Waals surface area contributed by atoms with Gasteiger partial charge in [-0.2, -0.15) is 0 Å². The Labute approximate surface area is 121 Å². The molecule has 0 amide bonds. The van der Waals surface area contributed by atoms with Crippen LogP contribution in [0.15, 0.2) is 16.7 Å². The van der Waals surface area contributed by atoms with Gasteiger partial charge in [0.25, 0.3) is 0 Å². The predicted molar refractivity (Wildman–Crippen MR) is 76.4 cm³/mol. The van der Waals surface area contributed by atoms with Gasteiger partial charge < -0.3 is 14.1 Å². The number of fused-ring (bicyclic) bond motifs is 1. The Balaban J connectivity index is 2.03. The van der Waals surface area contributed by atoms with Crippen molar-refractivity contribution in [3.63, 3.8) is 0 Å². The summed E-state index contributed by atoms with van der Waals surface area (Å²) < 4.78 is 23.9. The maximum Gasteiger partial charge on any atom is 0.342 e. The number of aromatic nitrogens is 1. The highest BCUT2D eigenvalue weighted by molar-refractivity contribution is 6.04. The van der Waals surface area contributed by atoms with Gasteiger partial charge in [-0.15, -0.1) is 0 Å². The molecule has 21 heavy (non-hydrogen) atoms. The third-order valence-corrected chi connectivity index (χ3v) is 3.68. The Hall–Kier alpha value is -2.11. The Morgan fingerprint density at radius 1 is 1.62 bits per heavy atom. The van der Waals surface area contributed by atoms with Crippen molar-refractivity contribution < 1.29 is 18.3 Å². The van der Waals surface area contributed by atoms with Gasteiger partial charge in [0.15, 0.2) is 0 Å². The van der Waals surface area contributed by atoms with Crippen molar-refractivity contribution >= 4 is 22.8 Å². The highest BCUT2D eigenvalue weighted by atomic mass is 19.1. The van der Waals surface area contributed by atoms with Crippen LogP contribution < -0.4 is 4.90 Å². The number of carbonyl (C=O) groups is 1. The van der Waals surface area contributed by atoms with Crippen LogP contribution in [0, 0.1) is 6.92 Å². The van der Waals surface area contributed by atoms with E-state index in [9.17, 15) is 9.18 Å². The van der Waals surface area contributed by atoms with Crippen molar-refractivity contribution in [2.75, 3.05) is 24.6 Å². The largest absolute Gasteiger partial charge is 0.462 e. The summed E-state index contributed by atoms with van der Waals surface area (Å²) in [6.45, 7) is 4.78. The molecule has 0 bridgehead atoms. The fraction of sp³-hybridized carbons (Fsp3) is 0.467. The molecular weight excluding hydrogens is 275 g/mol. The fourth-order valence-corrected chi connectivity index (χ4v) is 2.67. The van der Waals surface area contributed by atoms with Crippen LogP contribution in [-0.2, 0) is 4.74 Å². The summed E-state index contributed by atoms with van der Waals surface area (Å²) in [4.78, 5) is 18.2. The first-order chi connectivity index (χ1) is 10.1. The van der Waals surface area contributed by atoms with E-state index in [-0.39, 0.29) is 0 Å². The van der Waals surface area contributed by atoms with Crippen molar-refractivity contribution in [1.29, 1.82) is 0 Å². The lowest BCUT2D eigenvalue weighted by molar-refractivity contribution is 0.0526. The summed E-state index contributed by atoms with van der Waals surface area (Å²) in [5, 5.41) is 0.616. The Kier molecular flexibility index (Phi) is 3.53. The van der Waals surface area contributed by atoms with E-state index < -0.39 is 12.1 Å². The van der Waals surface area contributed by atoms with Crippen LogP contribution in [0.3, 0.4) is 0 Å². The van der Waals surface area contributed by atoms with E-state index in [1.165, 1.54) is 0 Å². The highest BCUT2D eigenvalue weighted by Crippen LogP contribution is 2.30. The molecule has 3 heterocycles. The van der Waals surface area contributed by atoms with Crippen LogP contribution in [0.25, 0.3) is 11.1 Å². The zero-order valence-electron chi connectivity index (χ0n) is 12.1. The summed E-state index contributed by atoms with van der Waals surface area (Å²) in [7, 11) is 0. The normalized spacial score (nSPS) is 18.4. The van der Waals surface area contributed by atoms with Crippen molar-refractivity contribution in [2.45, 2.75) is 26.4 Å². The molecule has 0 saturated carbocycles. The molecule has 1 aliphatic rings. The molecule has 112 valence electrons. The minimum absolute atomic E-state index is 0.299. The predicted octanol–water partition coefficient (Wildman–Crippen LogP) is 2.86. The van der Waals surface area contributed by atoms with Gasteiger partial charge in [0.1, 0.15) is 17.5 Å². The first-order valence-electron chi connectivity index (χ1n) is 7.05. The number of anilines is 1. The lowest BCUT2D eigenvalue weighted by Crippen LogP contribution is -2.20. The Morgan fingerprint density at radius 3 is 3.10 bits per heavy atom. The Morgan fingerprint density at radius 2 is 2.43 bits per heavy atom. The van der Waals surface area contributed by atoms with Gasteiger partial charge >= 0.3 is 5.97 Å². The summed E-state index contributed by atoms with van der Waals surface area (Å²) in [5.74, 6) is 0.0652. The van der Waals surface area contributed by atoms with Gasteiger partial charge in [0.2, 0.25) is 5.71 Å². The average molecular weight is 292 g/mol. The van der Waals surface area contributed by atoms with Gasteiger partial charge in [0, 0.05) is 13.1 Å². The van der Waals surface area contributed by atoms with Gasteiger partial charge in [-0.3, -0.25) is 0 Å². The number of halogens is 1. The summed E-state index contributed by atoms with van der Waals surface area (Å²) in [5.41, 5.74) is 1.60. The zero-order chi connectivity index (χ0) is 15.0. The van der Waals surface area contributed by atoms with Crippen LogP contribution in [0.2, 0.25) is 0 Å². The SMILES string of the molecule is CCOC(=O)c1c(C)oc2ncc(N3CC[C@@H](F)C3)cc12. The average Bonchev–Trinajstić information content (AvgIpc) is 3.00. The van der Waals surface area contributed by atoms with Crippen LogP contribution in [0.1, 0.15) is 29.5 Å². The number of esters is 1. The van der Waals surface area contributed by atoms with Gasteiger partial charge in [-0.1, -0.05) is 0 Å². The minimum Gasteiger partial charge on any atom is -0.462 e. The van der Waals surface area contributed by atoms with Crippen LogP contribution in [0.5, 0.6) is 0 Å². The zero-order valence-corrected chi connectivity index (χ0v) is 12.1. The molecular formula is C15H17FN2O3. The van der Waals surface area contributed by atoms with E-state index in [2.05, 4.69) is 4.98 Å². The number of pyridine rings is 1. The number of aryl methyl sites for hydroxylation is 1. The van der Waals surface area contributed by atoms with Gasteiger partial charge in [0.05, 0.1) is 23.9 Å². The van der Waals surface area contributed by atoms with Crippen LogP contribution in [-0.4, -0.2) is 36.8 Å². The maximum absolute atomic E-state index is 13.3. The number of ether oxygens (including phenoxy) is 1. The highest BCUT2D eigenvalue weighted by Gasteiger charge is 2.25. The van der Waals surface area contributed by atoms with E-state index in [0.29, 0.717) is 48.5 Å². The quantitative estimate of drug-likeness (QED) is 0.814. The topological polar surface area (TPSA) is 55.6 Å². The van der Waals surface area contributed by atoms with E-state index in [0.717, 1.165) is 5.69 Å². The second-order valence-electron chi connectivity index (χ2n) is 5.13. The minimum atomic E-state index is -0.809. The number of hydrogen-bond acceptors (Lipinski definition) is 5. The maximum atomic E-state index is 13.3. The molecule has 2 aromatic rings. The first kappa shape index (κ1) is 13.9. The van der Waals surface area contributed by atoms with Crippen molar-refractivity contribution in [3.8, 4) is 0 Å². The molecule has 0 unspecified atom stereocenters. The third-order valence-electron chi connectivity index (χ3n) is 3.68. The smallest absolute Gasteiger partial charge is 0.342 e. The lowest BCUT2D eigenvalue weighted by Gasteiger charge is -2.16. The van der Waals surface area contributed by atoms with E-state index in [4.69, 9.17) is 9.15 Å². The molecule has 6 heteroatoms. The molecule has 1 aliphatic heterocycles. The molecule has 0 aliphatic carbocycles. The van der Waals surface area contributed by atoms with Crippen molar-refractivity contribution in [3.05, 3.63) is 23.6 Å².